The van der Waals surface area contributed by atoms with Crippen LogP contribution in [-0.4, -0.2) is 41.2 Å². The number of hydrogen-bond donors (Lipinski definition) is 4. The van der Waals surface area contributed by atoms with Crippen molar-refractivity contribution < 1.29 is 24.5 Å². The van der Waals surface area contributed by atoms with Crippen LogP contribution in [0.25, 0.3) is 0 Å². The summed E-state index contributed by atoms with van der Waals surface area (Å²) in [6.07, 6.45) is 1.12. The summed E-state index contributed by atoms with van der Waals surface area (Å²) in [5.74, 6) is -0.452. The van der Waals surface area contributed by atoms with Gasteiger partial charge in [-0.2, -0.15) is 0 Å². The van der Waals surface area contributed by atoms with Gasteiger partial charge < -0.3 is 25.6 Å². The highest BCUT2D eigenvalue weighted by molar-refractivity contribution is 6.42. The van der Waals surface area contributed by atoms with Gasteiger partial charge in [0.25, 0.3) is 0 Å². The number of nitrogens with one attached hydrogen (secondary N) is 2. The Kier molecular flexibility index (Phi) is 8.32. The summed E-state index contributed by atoms with van der Waals surface area (Å²) in [5.41, 5.74) is 0.830. The molecule has 0 spiro atoms. The van der Waals surface area contributed by atoms with Crippen molar-refractivity contribution in [2.24, 2.45) is 4.99 Å². The first-order valence-corrected chi connectivity index (χ1v) is 9.02. The van der Waals surface area contributed by atoms with Crippen LogP contribution in [0.3, 0.4) is 0 Å². The molecule has 2 aromatic rings. The Morgan fingerprint density at radius 3 is 2.34 bits per heavy atom. The number of carboxylic acids is 2. The van der Waals surface area contributed by atoms with Crippen LogP contribution in [0, 0.1) is 0 Å². The average molecular weight is 438 g/mol. The Labute approximate surface area is 176 Å². The van der Waals surface area contributed by atoms with E-state index in [4.69, 9.17) is 38.2 Å². The van der Waals surface area contributed by atoms with E-state index in [1.54, 1.807) is 18.2 Å². The molecule has 0 aliphatic carbocycles. The van der Waals surface area contributed by atoms with Gasteiger partial charge in [-0.15, -0.1) is 0 Å². The third-order valence-electron chi connectivity index (χ3n) is 3.30. The number of benzene rings is 2. The lowest BCUT2D eigenvalue weighted by Gasteiger charge is -2.13. The lowest BCUT2D eigenvalue weighted by Crippen LogP contribution is -2.26. The number of anilines is 1. The van der Waals surface area contributed by atoms with Crippen LogP contribution in [0.2, 0.25) is 10.0 Å². The van der Waals surface area contributed by atoms with Crippen molar-refractivity contribution >= 4 is 46.8 Å². The number of rotatable bonds is 5. The number of nitrogens with zero attached hydrogens (tertiary/aromatic N) is 1. The predicted octanol–water partition coefficient (Wildman–Crippen LogP) is 3.87. The van der Waals surface area contributed by atoms with Crippen LogP contribution in [0.15, 0.2) is 59.6 Å². The van der Waals surface area contributed by atoms with Crippen molar-refractivity contribution in [1.29, 1.82) is 0 Å². The van der Waals surface area contributed by atoms with E-state index in [2.05, 4.69) is 15.6 Å². The molecule has 0 amide bonds. The van der Waals surface area contributed by atoms with Crippen molar-refractivity contribution in [3.63, 3.8) is 0 Å². The van der Waals surface area contributed by atoms with Gasteiger partial charge in [-0.1, -0.05) is 35.3 Å². The molecule has 8 nitrogen and oxygen atoms in total. The number of guanidine groups is 1. The zero-order valence-corrected chi connectivity index (χ0v) is 16.4. The third-order valence-corrected chi connectivity index (χ3v) is 4.04. The van der Waals surface area contributed by atoms with E-state index >= 15 is 0 Å². The zero-order chi connectivity index (χ0) is 21.2. The molecule has 29 heavy (non-hydrogen) atoms. The van der Waals surface area contributed by atoms with Crippen LogP contribution < -0.4 is 15.4 Å². The maximum absolute atomic E-state index is 9.55. The first-order chi connectivity index (χ1) is 13.8. The smallest absolute Gasteiger partial charge is 0.328 e. The van der Waals surface area contributed by atoms with Crippen molar-refractivity contribution in [1.82, 2.24) is 5.32 Å². The second kappa shape index (κ2) is 10.9. The third kappa shape index (κ3) is 7.73. The summed E-state index contributed by atoms with van der Waals surface area (Å²) in [7, 11) is 0. The second-order valence-corrected chi connectivity index (χ2v) is 6.28. The first-order valence-electron chi connectivity index (χ1n) is 8.26. The lowest BCUT2D eigenvalue weighted by atomic mass is 10.3. The largest absolute Gasteiger partial charge is 0.478 e. The molecule has 152 valence electrons. The van der Waals surface area contributed by atoms with E-state index in [0.717, 1.165) is 24.7 Å². The molecule has 0 saturated heterocycles. The SMILES string of the molecule is Clc1ccc(Oc2ccccc2NC2=NCCN2)cc1Cl.O=C(O)/C=C/C(=O)O. The molecule has 2 aromatic carbocycles. The average Bonchev–Trinajstić information content (AvgIpc) is 3.18. The number of aliphatic carboxylic acids is 2. The fourth-order valence-electron chi connectivity index (χ4n) is 2.08. The van der Waals surface area contributed by atoms with E-state index in [1.807, 2.05) is 24.3 Å². The van der Waals surface area contributed by atoms with Gasteiger partial charge >= 0.3 is 11.9 Å². The highest BCUT2D eigenvalue weighted by Gasteiger charge is 2.10. The maximum atomic E-state index is 9.55. The quantitative estimate of drug-likeness (QED) is 0.523. The monoisotopic (exact) mass is 437 g/mol. The zero-order valence-electron chi connectivity index (χ0n) is 14.9. The molecule has 0 unspecified atom stereocenters. The topological polar surface area (TPSA) is 120 Å². The predicted molar refractivity (Wildman–Crippen MR) is 111 cm³/mol. The number of aliphatic imine (C=N–C) groups is 1. The van der Waals surface area contributed by atoms with Crippen LogP contribution in [0.5, 0.6) is 11.5 Å². The summed E-state index contributed by atoms with van der Waals surface area (Å²) >= 11 is 11.9. The van der Waals surface area contributed by atoms with E-state index in [1.165, 1.54) is 0 Å². The lowest BCUT2D eigenvalue weighted by molar-refractivity contribution is -0.134. The van der Waals surface area contributed by atoms with Crippen molar-refractivity contribution in [3.05, 3.63) is 64.7 Å². The van der Waals surface area contributed by atoms with Gasteiger partial charge in [-0.25, -0.2) is 9.59 Å². The summed E-state index contributed by atoms with van der Waals surface area (Å²) in [4.78, 5) is 23.4. The minimum Gasteiger partial charge on any atom is -0.478 e. The fourth-order valence-corrected chi connectivity index (χ4v) is 2.37. The summed E-state index contributed by atoms with van der Waals surface area (Å²) < 4.78 is 5.87. The summed E-state index contributed by atoms with van der Waals surface area (Å²) in [5, 5.41) is 23.0. The Bertz CT molecular complexity index is 931. The van der Waals surface area contributed by atoms with Gasteiger partial charge in [-0.3, -0.25) is 4.99 Å². The Balaban J connectivity index is 0.000000321. The Morgan fingerprint density at radius 1 is 1.07 bits per heavy atom. The van der Waals surface area contributed by atoms with Gasteiger partial charge in [0, 0.05) is 24.8 Å². The Hall–Kier alpha value is -3.23. The van der Waals surface area contributed by atoms with Crippen molar-refractivity contribution in [2.75, 3.05) is 18.4 Å². The molecule has 1 heterocycles. The molecule has 4 N–H and O–H groups in total. The minimum absolute atomic E-state index is 0.460. The molecule has 0 bridgehead atoms. The van der Waals surface area contributed by atoms with Gasteiger partial charge in [0.1, 0.15) is 5.75 Å². The normalized spacial score (nSPS) is 12.4. The number of halogens is 2. The van der Waals surface area contributed by atoms with E-state index in [9.17, 15) is 9.59 Å². The molecule has 0 fully saturated rings. The maximum Gasteiger partial charge on any atom is 0.328 e. The Morgan fingerprint density at radius 2 is 1.76 bits per heavy atom. The first kappa shape index (κ1) is 22.1. The molecule has 0 aromatic heterocycles. The number of hydrogen-bond acceptors (Lipinski definition) is 6. The van der Waals surface area contributed by atoms with E-state index in [0.29, 0.717) is 33.7 Å². The molecule has 0 radical (unpaired) electrons. The highest BCUT2D eigenvalue weighted by Crippen LogP contribution is 2.32. The summed E-state index contributed by atoms with van der Waals surface area (Å²) in [6, 6.07) is 12.8. The van der Waals surface area contributed by atoms with Gasteiger partial charge in [0.05, 0.1) is 22.3 Å². The molecular weight excluding hydrogens is 421 g/mol. The minimum atomic E-state index is -1.26. The van der Waals surface area contributed by atoms with E-state index in [-0.39, 0.29) is 0 Å². The van der Waals surface area contributed by atoms with Crippen LogP contribution >= 0.6 is 23.2 Å². The number of para-hydroxylation sites is 2. The van der Waals surface area contributed by atoms with Crippen LogP contribution in [0.4, 0.5) is 5.69 Å². The van der Waals surface area contributed by atoms with Crippen molar-refractivity contribution in [2.45, 2.75) is 0 Å². The molecular formula is C19H17Cl2N3O5. The molecule has 3 rings (SSSR count). The highest BCUT2D eigenvalue weighted by atomic mass is 35.5. The van der Waals surface area contributed by atoms with Gasteiger partial charge in [0.2, 0.25) is 0 Å². The molecule has 0 saturated carbocycles. The fraction of sp³-hybridized carbons (Fsp3) is 0.105. The number of carbonyl (C=O) groups is 2. The standard InChI is InChI=1S/C15H13Cl2N3O.C4H4O4/c16-11-6-5-10(9-12(11)17)21-14-4-2-1-3-13(14)20-15-18-7-8-19-15;5-3(6)1-2-4(7)8/h1-6,9H,7-8H2,(H2,18,19,20);1-2H,(H,5,6)(H,7,8)/b;2-1+. The van der Waals surface area contributed by atoms with Crippen molar-refractivity contribution in [3.8, 4) is 11.5 Å². The number of carboxylic acid groups (broad SMARTS) is 2. The molecule has 1 aliphatic heterocycles. The molecule has 0 atom stereocenters. The van der Waals surface area contributed by atoms with Gasteiger partial charge in [-0.05, 0) is 24.3 Å². The van der Waals surface area contributed by atoms with Crippen LogP contribution in [-0.2, 0) is 9.59 Å². The van der Waals surface area contributed by atoms with Gasteiger partial charge in [0.15, 0.2) is 11.7 Å². The molecule has 1 aliphatic rings. The van der Waals surface area contributed by atoms with Crippen LogP contribution in [0.1, 0.15) is 0 Å². The second-order valence-electron chi connectivity index (χ2n) is 5.47. The number of ether oxygens (including phenoxy) is 1. The summed E-state index contributed by atoms with van der Waals surface area (Å²) in [6.45, 7) is 1.62. The van der Waals surface area contributed by atoms with E-state index < -0.39 is 11.9 Å². The molecule has 10 heteroatoms.